The van der Waals surface area contributed by atoms with Crippen LogP contribution in [0.4, 0.5) is 17.1 Å². The molecule has 13 rings (SSSR count). The molecule has 0 spiro atoms. The molecular weight excluding hydrogens is 813 g/mol. The average molecular weight is 857 g/mol. The maximum absolute atomic E-state index is 6.47. The predicted molar refractivity (Wildman–Crippen MR) is 282 cm³/mol. The first kappa shape index (κ1) is 38.8. The van der Waals surface area contributed by atoms with Crippen molar-refractivity contribution in [3.63, 3.8) is 0 Å². The molecule has 0 amide bonds. The summed E-state index contributed by atoms with van der Waals surface area (Å²) >= 11 is 0. The van der Waals surface area contributed by atoms with E-state index in [1.807, 2.05) is 12.1 Å². The van der Waals surface area contributed by atoms with Gasteiger partial charge in [-0.05, 0) is 112 Å². The van der Waals surface area contributed by atoms with Gasteiger partial charge in [-0.15, -0.1) is 0 Å². The normalized spacial score (nSPS) is 12.3. The van der Waals surface area contributed by atoms with Crippen LogP contribution in [0.5, 0.6) is 0 Å². The van der Waals surface area contributed by atoms with Gasteiger partial charge in [-0.1, -0.05) is 188 Å². The third-order valence-electron chi connectivity index (χ3n) is 13.7. The molecule has 3 heteroatoms. The summed E-state index contributed by atoms with van der Waals surface area (Å²) in [5, 5.41) is 6.06. The van der Waals surface area contributed by atoms with Gasteiger partial charge in [-0.3, -0.25) is 0 Å². The lowest BCUT2D eigenvalue weighted by molar-refractivity contribution is 0.670. The van der Waals surface area contributed by atoms with Crippen LogP contribution in [0.25, 0.3) is 99.9 Å². The fourth-order valence-corrected chi connectivity index (χ4v) is 10.6. The number of para-hydroxylation sites is 4. The summed E-state index contributed by atoms with van der Waals surface area (Å²) in [6.07, 6.45) is 6.68. The Balaban J connectivity index is 0.917. The minimum atomic E-state index is 0.903. The molecule has 1 aliphatic rings. The molecule has 0 radical (unpaired) electrons. The van der Waals surface area contributed by atoms with Gasteiger partial charge in [0.2, 0.25) is 0 Å². The van der Waals surface area contributed by atoms with Crippen LogP contribution >= 0.6 is 0 Å². The summed E-state index contributed by atoms with van der Waals surface area (Å²) in [7, 11) is 0. The van der Waals surface area contributed by atoms with Gasteiger partial charge >= 0.3 is 0 Å². The molecule has 2 heterocycles. The monoisotopic (exact) mass is 856 g/mol. The van der Waals surface area contributed by atoms with Crippen LogP contribution in [0, 0.1) is 0 Å². The molecule has 10 aromatic carbocycles. The van der Waals surface area contributed by atoms with Crippen LogP contribution in [0.3, 0.4) is 0 Å². The van der Waals surface area contributed by atoms with Crippen LogP contribution in [-0.2, 0) is 6.42 Å². The van der Waals surface area contributed by atoms with Crippen molar-refractivity contribution >= 4 is 66.8 Å². The average Bonchev–Trinajstić information content (AvgIpc) is 3.95. The van der Waals surface area contributed by atoms with Crippen LogP contribution in [0.2, 0.25) is 0 Å². The summed E-state index contributed by atoms with van der Waals surface area (Å²) in [5.74, 6) is 0. The smallest absolute Gasteiger partial charge is 0.143 e. The van der Waals surface area contributed by atoms with E-state index in [9.17, 15) is 0 Å². The van der Waals surface area contributed by atoms with Gasteiger partial charge in [0.05, 0.1) is 11.2 Å². The van der Waals surface area contributed by atoms with Crippen LogP contribution in [0.15, 0.2) is 241 Å². The molecule has 67 heavy (non-hydrogen) atoms. The first-order chi connectivity index (χ1) is 33.2. The number of aromatic nitrogens is 1. The van der Waals surface area contributed by atoms with Gasteiger partial charge in [0.1, 0.15) is 11.2 Å². The highest BCUT2D eigenvalue weighted by atomic mass is 16.3. The number of fused-ring (bicyclic) bond motifs is 7. The molecule has 0 fully saturated rings. The quantitative estimate of drug-likeness (QED) is 0.152. The number of hydrogen-bond donors (Lipinski definition) is 0. The summed E-state index contributed by atoms with van der Waals surface area (Å²) in [5.41, 5.74) is 19.6. The zero-order chi connectivity index (χ0) is 44.3. The second kappa shape index (κ2) is 16.1. The molecule has 0 aliphatic heterocycles. The maximum Gasteiger partial charge on any atom is 0.143 e. The van der Waals surface area contributed by atoms with E-state index in [-0.39, 0.29) is 0 Å². The summed E-state index contributed by atoms with van der Waals surface area (Å²) in [6.45, 7) is 0. The minimum Gasteiger partial charge on any atom is -0.455 e. The van der Waals surface area contributed by atoms with Crippen LogP contribution < -0.4 is 4.90 Å². The lowest BCUT2D eigenvalue weighted by Crippen LogP contribution is -2.10. The molecule has 0 saturated carbocycles. The Morgan fingerprint density at radius 3 is 1.64 bits per heavy atom. The molecule has 12 aromatic rings. The fraction of sp³-hybridized carbons (Fsp3) is 0.0312. The van der Waals surface area contributed by atoms with Crippen molar-refractivity contribution in [1.29, 1.82) is 0 Å². The Morgan fingerprint density at radius 2 is 0.925 bits per heavy atom. The number of anilines is 3. The van der Waals surface area contributed by atoms with Crippen LogP contribution in [0.1, 0.15) is 17.7 Å². The molecule has 0 N–H and O–H groups in total. The van der Waals surface area contributed by atoms with Crippen molar-refractivity contribution < 1.29 is 4.42 Å². The molecule has 2 aromatic heterocycles. The van der Waals surface area contributed by atoms with Crippen LogP contribution in [-0.4, -0.2) is 4.57 Å². The van der Waals surface area contributed by atoms with Crippen molar-refractivity contribution in [3.8, 4) is 50.2 Å². The van der Waals surface area contributed by atoms with E-state index in [0.717, 1.165) is 63.0 Å². The van der Waals surface area contributed by atoms with Crippen molar-refractivity contribution in [2.24, 2.45) is 0 Å². The number of benzene rings is 10. The van der Waals surface area contributed by atoms with E-state index < -0.39 is 0 Å². The van der Waals surface area contributed by atoms with Crippen molar-refractivity contribution in [1.82, 2.24) is 4.57 Å². The van der Waals surface area contributed by atoms with E-state index in [4.69, 9.17) is 4.42 Å². The van der Waals surface area contributed by atoms with Gasteiger partial charge in [0.25, 0.3) is 0 Å². The van der Waals surface area contributed by atoms with Gasteiger partial charge in [-0.2, -0.15) is 0 Å². The highest BCUT2D eigenvalue weighted by Crippen LogP contribution is 2.43. The second-order valence-corrected chi connectivity index (χ2v) is 17.5. The summed E-state index contributed by atoms with van der Waals surface area (Å²) < 4.78 is 8.97. The Labute approximate surface area is 389 Å². The first-order valence-electron chi connectivity index (χ1n) is 23.2. The fourth-order valence-electron chi connectivity index (χ4n) is 10.6. The van der Waals surface area contributed by atoms with Crippen molar-refractivity contribution in [3.05, 3.63) is 248 Å². The largest absolute Gasteiger partial charge is 0.455 e. The highest BCUT2D eigenvalue weighted by Gasteiger charge is 2.21. The van der Waals surface area contributed by atoms with E-state index in [1.165, 1.54) is 72.0 Å². The standard InChI is InChI=1S/C64H44N2O/c1-2-15-43(16-3-1)52-23-12-17-47-18-13-24-53(63(47)52)45-33-39-49(40-34-45)65(50-41-35-46(36-42-50)54-25-14-26-58-57-22-7-11-30-62(57)67-64(54)58)48-37-31-44(32-38-48)51-19-4-8-27-59(51)66-60-28-9-5-20-55(60)56-21-6-10-29-61(56)66/h1-9,11-28,30-42H,10,29H2. The van der Waals surface area contributed by atoms with Gasteiger partial charge < -0.3 is 13.9 Å². The number of rotatable bonds is 8. The number of furan rings is 1. The number of allylic oxidation sites excluding steroid dienone is 1. The highest BCUT2D eigenvalue weighted by molar-refractivity contribution is 6.10. The molecule has 0 atom stereocenters. The molecular formula is C64H44N2O. The van der Waals surface area contributed by atoms with E-state index in [2.05, 4.69) is 240 Å². The molecule has 316 valence electrons. The lowest BCUT2D eigenvalue weighted by Gasteiger charge is -2.26. The van der Waals surface area contributed by atoms with Crippen molar-refractivity contribution in [2.75, 3.05) is 4.90 Å². The minimum absolute atomic E-state index is 0.903. The molecule has 3 nitrogen and oxygen atoms in total. The Bertz CT molecular complexity index is 3830. The number of nitrogens with zero attached hydrogens (tertiary/aromatic N) is 2. The summed E-state index contributed by atoms with van der Waals surface area (Å²) in [4.78, 5) is 2.37. The Kier molecular flexibility index (Phi) is 9.31. The molecule has 0 unspecified atom stereocenters. The SMILES string of the molecule is C1=Cc2c(n(-c3ccccc3-c3ccc(N(c4ccc(-c5cccc6c5oc5ccccc56)cc4)c4ccc(-c5cccc6cccc(-c7ccccc7)c56)cc4)cc3)c3ccccc23)CC1. The Morgan fingerprint density at radius 1 is 0.403 bits per heavy atom. The maximum atomic E-state index is 6.47. The first-order valence-corrected chi connectivity index (χ1v) is 23.2. The zero-order valence-corrected chi connectivity index (χ0v) is 36.8. The van der Waals surface area contributed by atoms with Gasteiger partial charge in [0, 0.05) is 55.6 Å². The second-order valence-electron chi connectivity index (χ2n) is 17.5. The topological polar surface area (TPSA) is 21.3 Å². The molecule has 0 bridgehead atoms. The Hall–Kier alpha value is -8.66. The number of hydrogen-bond acceptors (Lipinski definition) is 2. The van der Waals surface area contributed by atoms with Gasteiger partial charge in [0.15, 0.2) is 0 Å². The van der Waals surface area contributed by atoms with E-state index in [0.29, 0.717) is 0 Å². The third kappa shape index (κ3) is 6.58. The van der Waals surface area contributed by atoms with Gasteiger partial charge in [-0.25, -0.2) is 0 Å². The lowest BCUT2D eigenvalue weighted by atomic mass is 9.91. The molecule has 0 saturated heterocycles. The van der Waals surface area contributed by atoms with E-state index >= 15 is 0 Å². The predicted octanol–water partition coefficient (Wildman–Crippen LogP) is 17.8. The third-order valence-corrected chi connectivity index (χ3v) is 13.7. The summed E-state index contributed by atoms with van der Waals surface area (Å²) in [6, 6.07) is 83.5. The van der Waals surface area contributed by atoms with E-state index in [1.54, 1.807) is 0 Å². The van der Waals surface area contributed by atoms with Crippen molar-refractivity contribution in [2.45, 2.75) is 12.8 Å². The zero-order valence-electron chi connectivity index (χ0n) is 36.8. The molecule has 1 aliphatic carbocycles.